The van der Waals surface area contributed by atoms with Crippen molar-refractivity contribution in [3.8, 4) is 0 Å². The third kappa shape index (κ3) is 1.28. The molecule has 2 aliphatic rings. The normalized spacial score (nSPS) is 35.8. The van der Waals surface area contributed by atoms with Crippen LogP contribution in [0.2, 0.25) is 0 Å². The number of rotatable bonds is 3. The number of nitrogens with one attached hydrogen (secondary N) is 1. The molecule has 0 aliphatic heterocycles. The lowest BCUT2D eigenvalue weighted by atomic mass is 9.77. The fourth-order valence-corrected chi connectivity index (χ4v) is 2.69. The minimum atomic E-state index is 0.642. The Hall–Kier alpha value is -0.0400. The molecule has 2 aliphatic carbocycles. The van der Waals surface area contributed by atoms with Crippen LogP contribution in [-0.2, 0) is 0 Å². The van der Waals surface area contributed by atoms with E-state index in [2.05, 4.69) is 26.2 Å². The predicted octanol–water partition coefficient (Wildman–Crippen LogP) is 2.42. The highest BCUT2D eigenvalue weighted by Gasteiger charge is 2.52. The molecule has 1 N–H and O–H groups in total. The Morgan fingerprint density at radius 2 is 1.92 bits per heavy atom. The summed E-state index contributed by atoms with van der Waals surface area (Å²) in [6, 6.07) is 0.828. The zero-order chi connectivity index (χ0) is 8.77. The van der Waals surface area contributed by atoms with Gasteiger partial charge in [0.25, 0.3) is 0 Å². The molecule has 1 heteroatoms. The van der Waals surface area contributed by atoms with Gasteiger partial charge in [0.15, 0.2) is 0 Å². The van der Waals surface area contributed by atoms with E-state index < -0.39 is 0 Å². The molecule has 0 aromatic rings. The summed E-state index contributed by atoms with van der Waals surface area (Å²) in [5.74, 6) is 1.97. The van der Waals surface area contributed by atoms with Crippen LogP contribution in [0.5, 0.6) is 0 Å². The van der Waals surface area contributed by atoms with Gasteiger partial charge in [-0.15, -0.1) is 0 Å². The molecule has 2 saturated carbocycles. The van der Waals surface area contributed by atoms with Gasteiger partial charge in [-0.1, -0.05) is 20.3 Å². The van der Waals surface area contributed by atoms with Crippen LogP contribution in [0.3, 0.4) is 0 Å². The molecule has 70 valence electrons. The average molecular weight is 167 g/mol. The van der Waals surface area contributed by atoms with E-state index in [-0.39, 0.29) is 0 Å². The largest absolute Gasteiger partial charge is 0.316 e. The second kappa shape index (κ2) is 2.73. The quantitative estimate of drug-likeness (QED) is 0.680. The zero-order valence-corrected chi connectivity index (χ0v) is 8.56. The molecular formula is C11H21N. The molecule has 0 aromatic carbocycles. The fraction of sp³-hybridized carbons (Fsp3) is 1.00. The molecule has 12 heavy (non-hydrogen) atoms. The number of hydrogen-bond donors (Lipinski definition) is 1. The minimum Gasteiger partial charge on any atom is -0.316 e. The van der Waals surface area contributed by atoms with Crippen molar-refractivity contribution in [2.45, 2.75) is 45.6 Å². The monoisotopic (exact) mass is 167 g/mol. The summed E-state index contributed by atoms with van der Waals surface area (Å²) in [5, 5.41) is 3.52. The van der Waals surface area contributed by atoms with Crippen molar-refractivity contribution in [2.24, 2.45) is 17.3 Å². The van der Waals surface area contributed by atoms with Crippen LogP contribution < -0.4 is 5.32 Å². The molecule has 0 heterocycles. The van der Waals surface area contributed by atoms with E-state index in [9.17, 15) is 0 Å². The van der Waals surface area contributed by atoms with Gasteiger partial charge in [0.05, 0.1) is 0 Å². The third-order valence-electron chi connectivity index (χ3n) is 4.01. The Bertz CT molecular complexity index is 170. The topological polar surface area (TPSA) is 12.0 Å². The first kappa shape index (κ1) is 8.55. The molecule has 1 nitrogen and oxygen atoms in total. The van der Waals surface area contributed by atoms with Gasteiger partial charge in [-0.2, -0.15) is 0 Å². The average Bonchev–Trinajstić information content (AvgIpc) is 2.50. The zero-order valence-electron chi connectivity index (χ0n) is 8.56. The maximum Gasteiger partial charge on any atom is 0.0126 e. The molecule has 2 fully saturated rings. The summed E-state index contributed by atoms with van der Waals surface area (Å²) < 4.78 is 0. The summed E-state index contributed by atoms with van der Waals surface area (Å²) in [7, 11) is 2.14. The maximum atomic E-state index is 3.52. The Morgan fingerprint density at radius 3 is 2.17 bits per heavy atom. The molecule has 0 aromatic heterocycles. The molecule has 0 radical (unpaired) electrons. The smallest absolute Gasteiger partial charge is 0.0126 e. The van der Waals surface area contributed by atoms with Gasteiger partial charge >= 0.3 is 0 Å². The van der Waals surface area contributed by atoms with E-state index in [1.807, 2.05) is 0 Å². The van der Waals surface area contributed by atoms with Gasteiger partial charge in [-0.05, 0) is 43.6 Å². The first-order valence-corrected chi connectivity index (χ1v) is 5.32. The maximum absolute atomic E-state index is 3.52. The fourth-order valence-electron chi connectivity index (χ4n) is 2.69. The van der Waals surface area contributed by atoms with E-state index in [1.54, 1.807) is 0 Å². The lowest BCUT2D eigenvalue weighted by Gasteiger charge is -2.34. The lowest BCUT2D eigenvalue weighted by molar-refractivity contribution is 0.205. The van der Waals surface area contributed by atoms with Crippen molar-refractivity contribution in [3.05, 3.63) is 0 Å². The summed E-state index contributed by atoms with van der Waals surface area (Å²) in [6.45, 7) is 4.81. The van der Waals surface area contributed by atoms with Crippen molar-refractivity contribution in [3.63, 3.8) is 0 Å². The van der Waals surface area contributed by atoms with Crippen molar-refractivity contribution in [2.75, 3.05) is 7.05 Å². The molecule has 0 bridgehead atoms. The van der Waals surface area contributed by atoms with Gasteiger partial charge in [-0.25, -0.2) is 0 Å². The van der Waals surface area contributed by atoms with Crippen LogP contribution in [0.4, 0.5) is 0 Å². The summed E-state index contributed by atoms with van der Waals surface area (Å²) in [6.07, 6.45) is 5.85. The number of hydrogen-bond acceptors (Lipinski definition) is 1. The standard InChI is InChI=1S/C11H21N/c1-11(2)7-9(11)10(12-3)8-5-4-6-8/h8-10,12H,4-7H2,1-3H3. The Kier molecular flexibility index (Phi) is 1.95. The second-order valence-corrected chi connectivity index (χ2v) is 5.30. The van der Waals surface area contributed by atoms with Crippen molar-refractivity contribution in [1.29, 1.82) is 0 Å². The summed E-state index contributed by atoms with van der Waals surface area (Å²) >= 11 is 0. The van der Waals surface area contributed by atoms with Crippen molar-refractivity contribution < 1.29 is 0 Å². The van der Waals surface area contributed by atoms with Gasteiger partial charge in [-0.3, -0.25) is 0 Å². The Morgan fingerprint density at radius 1 is 1.33 bits per heavy atom. The van der Waals surface area contributed by atoms with Crippen LogP contribution in [0.25, 0.3) is 0 Å². The molecule has 2 unspecified atom stereocenters. The molecule has 0 spiro atoms. The Balaban J connectivity index is 1.91. The van der Waals surface area contributed by atoms with Gasteiger partial charge in [0.1, 0.15) is 0 Å². The van der Waals surface area contributed by atoms with Crippen LogP contribution in [-0.4, -0.2) is 13.1 Å². The van der Waals surface area contributed by atoms with Crippen molar-refractivity contribution in [1.82, 2.24) is 5.32 Å². The minimum absolute atomic E-state index is 0.642. The van der Waals surface area contributed by atoms with Crippen molar-refractivity contribution >= 4 is 0 Å². The van der Waals surface area contributed by atoms with E-state index >= 15 is 0 Å². The summed E-state index contributed by atoms with van der Waals surface area (Å²) in [5.41, 5.74) is 0.642. The van der Waals surface area contributed by atoms with Gasteiger partial charge in [0, 0.05) is 6.04 Å². The second-order valence-electron chi connectivity index (χ2n) is 5.30. The molecule has 0 saturated heterocycles. The van der Waals surface area contributed by atoms with E-state index in [0.717, 1.165) is 17.9 Å². The van der Waals surface area contributed by atoms with E-state index in [4.69, 9.17) is 0 Å². The van der Waals surface area contributed by atoms with Gasteiger partial charge < -0.3 is 5.32 Å². The van der Waals surface area contributed by atoms with Crippen LogP contribution in [0, 0.1) is 17.3 Å². The highest BCUT2D eigenvalue weighted by molar-refractivity contribution is 5.04. The first-order chi connectivity index (χ1) is 5.65. The third-order valence-corrected chi connectivity index (χ3v) is 4.01. The highest BCUT2D eigenvalue weighted by Crippen LogP contribution is 2.56. The van der Waals surface area contributed by atoms with Gasteiger partial charge in [0.2, 0.25) is 0 Å². The van der Waals surface area contributed by atoms with E-state index in [1.165, 1.54) is 25.7 Å². The molecule has 2 rings (SSSR count). The van der Waals surface area contributed by atoms with E-state index in [0.29, 0.717) is 5.41 Å². The van der Waals surface area contributed by atoms with Crippen LogP contribution in [0.15, 0.2) is 0 Å². The molecular weight excluding hydrogens is 146 g/mol. The lowest BCUT2D eigenvalue weighted by Crippen LogP contribution is -2.40. The highest BCUT2D eigenvalue weighted by atomic mass is 14.9. The first-order valence-electron chi connectivity index (χ1n) is 5.32. The molecule has 0 amide bonds. The van der Waals surface area contributed by atoms with Crippen LogP contribution in [0.1, 0.15) is 39.5 Å². The molecule has 2 atom stereocenters. The Labute approximate surface area is 75.9 Å². The van der Waals surface area contributed by atoms with Crippen LogP contribution >= 0.6 is 0 Å². The predicted molar refractivity (Wildman–Crippen MR) is 52.1 cm³/mol. The SMILES string of the molecule is CNC(C1CCC1)C1CC1(C)C. The summed E-state index contributed by atoms with van der Waals surface area (Å²) in [4.78, 5) is 0.